The standard InChI is InChI=1S/C22H22Br2N4O4/c1-4-12(2)21-27-17-6-5-14(23)8-15(17)22(30)28(21)26-10-13-7-18(31-3)19(9-16(13)24)32-11-20(25)29/h5-10,12H,4,11H2,1-3H3,(H2,25,29)/t12-/m0/s1. The lowest BCUT2D eigenvalue weighted by atomic mass is 10.1. The second kappa shape index (κ2) is 10.3. The third-order valence-corrected chi connectivity index (χ3v) is 6.03. The minimum atomic E-state index is -0.596. The number of hydrogen-bond acceptors (Lipinski definition) is 6. The molecule has 8 nitrogen and oxygen atoms in total. The maximum atomic E-state index is 13.2. The van der Waals surface area contributed by atoms with Crippen molar-refractivity contribution in [2.45, 2.75) is 26.2 Å². The number of carbonyl (C=O) groups excluding carboxylic acids is 1. The molecule has 32 heavy (non-hydrogen) atoms. The van der Waals surface area contributed by atoms with E-state index in [1.165, 1.54) is 11.8 Å². The molecule has 0 aliphatic carbocycles. The van der Waals surface area contributed by atoms with E-state index in [9.17, 15) is 9.59 Å². The van der Waals surface area contributed by atoms with Gasteiger partial charge in [-0.05, 0) is 52.7 Å². The normalized spacial score (nSPS) is 12.3. The van der Waals surface area contributed by atoms with E-state index in [0.717, 1.165) is 10.9 Å². The molecule has 1 amide bonds. The van der Waals surface area contributed by atoms with Crippen LogP contribution >= 0.6 is 31.9 Å². The molecule has 1 heterocycles. The van der Waals surface area contributed by atoms with Crippen LogP contribution in [0.2, 0.25) is 0 Å². The van der Waals surface area contributed by atoms with Gasteiger partial charge in [-0.3, -0.25) is 9.59 Å². The number of nitrogens with zero attached hydrogens (tertiary/aromatic N) is 3. The molecule has 1 aromatic heterocycles. The topological polar surface area (TPSA) is 109 Å². The zero-order valence-electron chi connectivity index (χ0n) is 17.8. The number of halogens is 2. The Balaban J connectivity index is 2.10. The van der Waals surface area contributed by atoms with Crippen LogP contribution in [0.25, 0.3) is 10.9 Å². The number of amides is 1. The predicted molar refractivity (Wildman–Crippen MR) is 131 cm³/mol. The van der Waals surface area contributed by atoms with Crippen LogP contribution in [-0.4, -0.2) is 35.5 Å². The Labute approximate surface area is 201 Å². The van der Waals surface area contributed by atoms with Gasteiger partial charge in [-0.15, -0.1) is 0 Å². The fourth-order valence-corrected chi connectivity index (χ4v) is 3.76. The van der Waals surface area contributed by atoms with Gasteiger partial charge in [-0.2, -0.15) is 9.78 Å². The summed E-state index contributed by atoms with van der Waals surface area (Å²) < 4.78 is 13.5. The molecule has 2 aromatic carbocycles. The van der Waals surface area contributed by atoms with Crippen molar-refractivity contribution in [3.05, 3.63) is 61.0 Å². The molecule has 0 bridgehead atoms. The summed E-state index contributed by atoms with van der Waals surface area (Å²) in [5.74, 6) is 0.751. The van der Waals surface area contributed by atoms with Crippen LogP contribution in [0.5, 0.6) is 11.5 Å². The summed E-state index contributed by atoms with van der Waals surface area (Å²) in [5.41, 5.74) is 6.16. The average Bonchev–Trinajstić information content (AvgIpc) is 2.77. The van der Waals surface area contributed by atoms with Crippen molar-refractivity contribution in [3.63, 3.8) is 0 Å². The van der Waals surface area contributed by atoms with Gasteiger partial charge in [0.25, 0.3) is 11.5 Å². The number of benzene rings is 2. The summed E-state index contributed by atoms with van der Waals surface area (Å²) in [5, 5.41) is 4.93. The maximum Gasteiger partial charge on any atom is 0.282 e. The van der Waals surface area contributed by atoms with Crippen LogP contribution < -0.4 is 20.8 Å². The van der Waals surface area contributed by atoms with Gasteiger partial charge in [-0.1, -0.05) is 29.8 Å². The summed E-state index contributed by atoms with van der Waals surface area (Å²) in [6.45, 7) is 3.76. The molecule has 3 rings (SSSR count). The lowest BCUT2D eigenvalue weighted by Gasteiger charge is -2.14. The van der Waals surface area contributed by atoms with Crippen LogP contribution in [0.1, 0.15) is 37.6 Å². The average molecular weight is 566 g/mol. The maximum absolute atomic E-state index is 13.2. The van der Waals surface area contributed by atoms with Gasteiger partial charge in [0.1, 0.15) is 5.82 Å². The van der Waals surface area contributed by atoms with Gasteiger partial charge in [0.2, 0.25) is 0 Å². The predicted octanol–water partition coefficient (Wildman–Crippen LogP) is 4.19. The first-order chi connectivity index (χ1) is 15.2. The Morgan fingerprint density at radius 2 is 2.03 bits per heavy atom. The zero-order valence-corrected chi connectivity index (χ0v) is 20.9. The van der Waals surface area contributed by atoms with Crippen molar-refractivity contribution in [2.75, 3.05) is 13.7 Å². The number of carbonyl (C=O) groups is 1. The van der Waals surface area contributed by atoms with E-state index in [1.807, 2.05) is 26.0 Å². The molecule has 3 aromatic rings. The number of primary amides is 1. The van der Waals surface area contributed by atoms with E-state index in [-0.39, 0.29) is 18.1 Å². The number of aromatic nitrogens is 2. The van der Waals surface area contributed by atoms with Crippen LogP contribution in [0, 0.1) is 0 Å². The van der Waals surface area contributed by atoms with Gasteiger partial charge < -0.3 is 15.2 Å². The molecular weight excluding hydrogens is 544 g/mol. The second-order valence-corrected chi connectivity index (χ2v) is 8.85. The molecule has 0 saturated heterocycles. The second-order valence-electron chi connectivity index (χ2n) is 7.08. The molecule has 0 fully saturated rings. The highest BCUT2D eigenvalue weighted by atomic mass is 79.9. The van der Waals surface area contributed by atoms with Gasteiger partial charge >= 0.3 is 0 Å². The molecule has 2 N–H and O–H groups in total. The highest BCUT2D eigenvalue weighted by Crippen LogP contribution is 2.33. The third kappa shape index (κ3) is 5.18. The Morgan fingerprint density at radius 1 is 1.28 bits per heavy atom. The minimum Gasteiger partial charge on any atom is -0.493 e. The molecule has 0 saturated carbocycles. The lowest BCUT2D eigenvalue weighted by Crippen LogP contribution is -2.23. The third-order valence-electron chi connectivity index (χ3n) is 4.85. The van der Waals surface area contributed by atoms with Crippen molar-refractivity contribution in [3.8, 4) is 11.5 Å². The number of fused-ring (bicyclic) bond motifs is 1. The molecule has 0 aliphatic heterocycles. The van der Waals surface area contributed by atoms with Crippen molar-refractivity contribution in [1.82, 2.24) is 9.66 Å². The molecule has 1 atom stereocenters. The van der Waals surface area contributed by atoms with Crippen molar-refractivity contribution >= 4 is 54.9 Å². The minimum absolute atomic E-state index is 0.0236. The van der Waals surface area contributed by atoms with Gasteiger partial charge in [0.15, 0.2) is 18.1 Å². The number of rotatable bonds is 8. The summed E-state index contributed by atoms with van der Waals surface area (Å²) in [6.07, 6.45) is 2.34. The highest BCUT2D eigenvalue weighted by molar-refractivity contribution is 9.10. The Kier molecular flexibility index (Phi) is 7.68. The van der Waals surface area contributed by atoms with Crippen molar-refractivity contribution in [1.29, 1.82) is 0 Å². The largest absolute Gasteiger partial charge is 0.493 e. The number of hydrogen-bond donors (Lipinski definition) is 1. The van der Waals surface area contributed by atoms with Gasteiger partial charge in [0, 0.05) is 20.4 Å². The van der Waals surface area contributed by atoms with Gasteiger partial charge in [0.05, 0.1) is 24.2 Å². The van der Waals surface area contributed by atoms with Crippen LogP contribution in [0.15, 0.2) is 49.2 Å². The summed E-state index contributed by atoms with van der Waals surface area (Å²) in [4.78, 5) is 29.0. The Bertz CT molecular complexity index is 1260. The van der Waals surface area contributed by atoms with Crippen LogP contribution in [0.3, 0.4) is 0 Å². The van der Waals surface area contributed by atoms with E-state index in [0.29, 0.717) is 38.3 Å². The smallest absolute Gasteiger partial charge is 0.282 e. The summed E-state index contributed by atoms with van der Waals surface area (Å²) >= 11 is 6.87. The molecule has 168 valence electrons. The summed E-state index contributed by atoms with van der Waals surface area (Å²) in [6, 6.07) is 8.74. The van der Waals surface area contributed by atoms with E-state index >= 15 is 0 Å². The highest BCUT2D eigenvalue weighted by Gasteiger charge is 2.16. The van der Waals surface area contributed by atoms with Gasteiger partial charge in [-0.25, -0.2) is 4.98 Å². The quantitative estimate of drug-likeness (QED) is 0.412. The lowest BCUT2D eigenvalue weighted by molar-refractivity contribution is -0.119. The van der Waals surface area contributed by atoms with Crippen LogP contribution in [-0.2, 0) is 4.79 Å². The number of nitrogens with two attached hydrogens (primary N) is 1. The van der Waals surface area contributed by atoms with E-state index < -0.39 is 5.91 Å². The first-order valence-electron chi connectivity index (χ1n) is 9.80. The molecule has 0 aliphatic rings. The van der Waals surface area contributed by atoms with Crippen molar-refractivity contribution < 1.29 is 14.3 Å². The SMILES string of the molecule is CC[C@H](C)c1nc2ccc(Br)cc2c(=O)n1N=Cc1cc(OC)c(OCC(N)=O)cc1Br. The molecular formula is C22H22Br2N4O4. The Hall–Kier alpha value is -2.72. The van der Waals surface area contributed by atoms with E-state index in [1.54, 1.807) is 24.4 Å². The van der Waals surface area contributed by atoms with E-state index in [4.69, 9.17) is 20.2 Å². The molecule has 0 radical (unpaired) electrons. The van der Waals surface area contributed by atoms with Crippen LogP contribution in [0.4, 0.5) is 0 Å². The molecule has 0 unspecified atom stereocenters. The number of ether oxygens (including phenoxy) is 2. The number of methoxy groups -OCH3 is 1. The van der Waals surface area contributed by atoms with E-state index in [2.05, 4.69) is 37.0 Å². The van der Waals surface area contributed by atoms with Crippen molar-refractivity contribution in [2.24, 2.45) is 10.8 Å². The zero-order chi connectivity index (χ0) is 23.4. The molecule has 10 heteroatoms. The monoisotopic (exact) mass is 564 g/mol. The first kappa shape index (κ1) is 23.9. The summed E-state index contributed by atoms with van der Waals surface area (Å²) in [7, 11) is 1.48. The first-order valence-corrected chi connectivity index (χ1v) is 11.4. The Morgan fingerprint density at radius 3 is 2.69 bits per heavy atom. The fourth-order valence-electron chi connectivity index (χ4n) is 2.97. The fraction of sp³-hybridized carbons (Fsp3) is 0.273. The molecule has 0 spiro atoms.